The molecule has 138 valence electrons. The lowest BCUT2D eigenvalue weighted by molar-refractivity contribution is 0.0379. The van der Waals surface area contributed by atoms with Crippen LogP contribution in [0, 0.1) is 0 Å². The van der Waals surface area contributed by atoms with Gasteiger partial charge in [-0.1, -0.05) is 55.8 Å². The van der Waals surface area contributed by atoms with Gasteiger partial charge >= 0.3 is 0 Å². The number of carbonyl (C=O) groups is 1. The minimum atomic E-state index is -0.553. The third-order valence-corrected chi connectivity index (χ3v) is 4.97. The van der Waals surface area contributed by atoms with Crippen molar-refractivity contribution in [2.75, 3.05) is 19.7 Å². The van der Waals surface area contributed by atoms with Crippen molar-refractivity contribution >= 4 is 5.91 Å². The number of piperidine rings is 1. The highest BCUT2D eigenvalue weighted by molar-refractivity contribution is 5.97. The van der Waals surface area contributed by atoms with Crippen LogP contribution in [-0.4, -0.2) is 41.7 Å². The highest BCUT2D eigenvalue weighted by Crippen LogP contribution is 2.30. The molecular weight excluding hydrogens is 326 g/mol. The monoisotopic (exact) mass is 353 g/mol. The lowest BCUT2D eigenvalue weighted by atomic mass is 9.87. The summed E-state index contributed by atoms with van der Waals surface area (Å²) >= 11 is 0. The normalized spacial score (nSPS) is 20.0. The number of β-amino-alcohol motifs (C(OH)–C–C–N with tert-alkyl or cyclic N) is 1. The highest BCUT2D eigenvalue weighted by atomic mass is 16.5. The summed E-state index contributed by atoms with van der Waals surface area (Å²) in [5, 5.41) is 10.6. The van der Waals surface area contributed by atoms with Crippen LogP contribution >= 0.6 is 0 Å². The molecule has 2 atom stereocenters. The minimum absolute atomic E-state index is 0.0670. The summed E-state index contributed by atoms with van der Waals surface area (Å²) < 4.78 is 5.80. The Morgan fingerprint density at radius 3 is 2.62 bits per heavy atom. The first-order valence-corrected chi connectivity index (χ1v) is 9.44. The van der Waals surface area contributed by atoms with E-state index in [1.807, 2.05) is 48.5 Å². The molecule has 2 aromatic rings. The number of para-hydroxylation sites is 1. The van der Waals surface area contributed by atoms with Crippen LogP contribution in [0.5, 0.6) is 5.75 Å². The number of ether oxygens (including phenoxy) is 1. The predicted molar refractivity (Wildman–Crippen MR) is 103 cm³/mol. The highest BCUT2D eigenvalue weighted by Gasteiger charge is 2.32. The Kier molecular flexibility index (Phi) is 6.29. The zero-order chi connectivity index (χ0) is 18.4. The Bertz CT molecular complexity index is 716. The van der Waals surface area contributed by atoms with Crippen molar-refractivity contribution < 1.29 is 14.6 Å². The fraction of sp³-hybridized carbons (Fsp3) is 0.409. The molecule has 1 saturated heterocycles. The fourth-order valence-corrected chi connectivity index (χ4v) is 3.47. The van der Waals surface area contributed by atoms with Crippen LogP contribution in [0.4, 0.5) is 0 Å². The number of carbonyl (C=O) groups excluding carboxylic acids is 1. The van der Waals surface area contributed by atoms with Crippen molar-refractivity contribution in [3.8, 4) is 5.75 Å². The molecule has 0 spiro atoms. The molecule has 2 aromatic carbocycles. The summed E-state index contributed by atoms with van der Waals surface area (Å²) in [6.45, 7) is 3.71. The van der Waals surface area contributed by atoms with Gasteiger partial charge in [-0.25, -0.2) is 0 Å². The van der Waals surface area contributed by atoms with Crippen molar-refractivity contribution in [1.82, 2.24) is 4.90 Å². The maximum Gasteiger partial charge on any atom is 0.257 e. The fourth-order valence-electron chi connectivity index (χ4n) is 3.47. The van der Waals surface area contributed by atoms with Gasteiger partial charge < -0.3 is 14.7 Å². The Labute approximate surface area is 155 Å². The summed E-state index contributed by atoms with van der Waals surface area (Å²) in [6, 6.07) is 17.4. The summed E-state index contributed by atoms with van der Waals surface area (Å²) in [4.78, 5) is 14.7. The molecule has 4 heteroatoms. The van der Waals surface area contributed by atoms with Crippen molar-refractivity contribution in [3.05, 3.63) is 65.7 Å². The third kappa shape index (κ3) is 4.25. The van der Waals surface area contributed by atoms with E-state index in [2.05, 4.69) is 6.92 Å². The summed E-state index contributed by atoms with van der Waals surface area (Å²) in [5.74, 6) is 0.643. The van der Waals surface area contributed by atoms with E-state index >= 15 is 0 Å². The quantitative estimate of drug-likeness (QED) is 0.803. The molecule has 1 aliphatic heterocycles. The molecule has 0 aromatic heterocycles. The van der Waals surface area contributed by atoms with E-state index in [1.165, 1.54) is 0 Å². The van der Waals surface area contributed by atoms with Crippen LogP contribution in [0.1, 0.15) is 48.0 Å². The molecule has 3 rings (SSSR count). The summed E-state index contributed by atoms with van der Waals surface area (Å²) in [6.07, 6.45) is 2.22. The van der Waals surface area contributed by atoms with Gasteiger partial charge in [0, 0.05) is 19.0 Å². The molecule has 0 radical (unpaired) electrons. The molecule has 1 amide bonds. The largest absolute Gasteiger partial charge is 0.493 e. The van der Waals surface area contributed by atoms with Gasteiger partial charge in [-0.15, -0.1) is 0 Å². The standard InChI is InChI=1S/C22H27NO3/c1-2-3-15-26-21-12-8-7-11-19(21)22(25)23-14-13-18(20(24)16-23)17-9-5-4-6-10-17/h4-12,18,20,24H,2-3,13-16H2,1H3/t18-,20+/m0/s1. The maximum absolute atomic E-state index is 13.0. The average molecular weight is 353 g/mol. The van der Waals surface area contributed by atoms with E-state index < -0.39 is 6.10 Å². The van der Waals surface area contributed by atoms with Gasteiger partial charge in [0.1, 0.15) is 5.75 Å². The van der Waals surface area contributed by atoms with E-state index in [1.54, 1.807) is 11.0 Å². The lowest BCUT2D eigenvalue weighted by Crippen LogP contribution is -2.45. The topological polar surface area (TPSA) is 49.8 Å². The second-order valence-corrected chi connectivity index (χ2v) is 6.82. The van der Waals surface area contributed by atoms with Gasteiger partial charge in [0.15, 0.2) is 0 Å². The number of rotatable bonds is 6. The average Bonchev–Trinajstić information content (AvgIpc) is 2.68. The van der Waals surface area contributed by atoms with Gasteiger partial charge in [-0.2, -0.15) is 0 Å². The molecule has 4 nitrogen and oxygen atoms in total. The van der Waals surface area contributed by atoms with Crippen molar-refractivity contribution in [3.63, 3.8) is 0 Å². The first kappa shape index (κ1) is 18.5. The molecule has 0 unspecified atom stereocenters. The van der Waals surface area contributed by atoms with Crippen LogP contribution in [0.3, 0.4) is 0 Å². The zero-order valence-electron chi connectivity index (χ0n) is 15.3. The van der Waals surface area contributed by atoms with Crippen LogP contribution in [-0.2, 0) is 0 Å². The van der Waals surface area contributed by atoms with E-state index in [0.29, 0.717) is 31.0 Å². The Morgan fingerprint density at radius 2 is 1.88 bits per heavy atom. The first-order valence-electron chi connectivity index (χ1n) is 9.44. The molecule has 1 aliphatic rings. The molecule has 1 fully saturated rings. The maximum atomic E-state index is 13.0. The van der Waals surface area contributed by atoms with Gasteiger partial charge in [0.05, 0.1) is 18.3 Å². The number of aliphatic hydroxyl groups excluding tert-OH is 1. The first-order chi connectivity index (χ1) is 12.7. The van der Waals surface area contributed by atoms with E-state index in [0.717, 1.165) is 24.8 Å². The van der Waals surface area contributed by atoms with Crippen LogP contribution in [0.15, 0.2) is 54.6 Å². The molecule has 0 saturated carbocycles. The second-order valence-electron chi connectivity index (χ2n) is 6.82. The van der Waals surface area contributed by atoms with E-state index in [4.69, 9.17) is 4.74 Å². The minimum Gasteiger partial charge on any atom is -0.493 e. The van der Waals surface area contributed by atoms with Crippen molar-refractivity contribution in [2.45, 2.75) is 38.2 Å². The Balaban J connectivity index is 1.68. The van der Waals surface area contributed by atoms with Crippen molar-refractivity contribution in [1.29, 1.82) is 0 Å². The van der Waals surface area contributed by atoms with Gasteiger partial charge in [0.25, 0.3) is 5.91 Å². The van der Waals surface area contributed by atoms with E-state index in [9.17, 15) is 9.90 Å². The number of benzene rings is 2. The molecule has 1 heterocycles. The van der Waals surface area contributed by atoms with Crippen LogP contribution < -0.4 is 4.74 Å². The Hall–Kier alpha value is -2.33. The second kappa shape index (κ2) is 8.86. The smallest absolute Gasteiger partial charge is 0.257 e. The Morgan fingerprint density at radius 1 is 1.15 bits per heavy atom. The molecular formula is C22H27NO3. The predicted octanol–water partition coefficient (Wildman–Crippen LogP) is 3.86. The van der Waals surface area contributed by atoms with Crippen molar-refractivity contribution in [2.24, 2.45) is 0 Å². The van der Waals surface area contributed by atoms with Crippen LogP contribution in [0.2, 0.25) is 0 Å². The van der Waals surface area contributed by atoms with Crippen LogP contribution in [0.25, 0.3) is 0 Å². The zero-order valence-corrected chi connectivity index (χ0v) is 15.3. The molecule has 0 aliphatic carbocycles. The number of hydrogen-bond acceptors (Lipinski definition) is 3. The van der Waals surface area contributed by atoms with Gasteiger partial charge in [0.2, 0.25) is 0 Å². The number of hydrogen-bond donors (Lipinski definition) is 1. The van der Waals surface area contributed by atoms with Gasteiger partial charge in [-0.05, 0) is 30.5 Å². The number of aliphatic hydroxyl groups is 1. The molecule has 26 heavy (non-hydrogen) atoms. The number of likely N-dealkylation sites (tertiary alicyclic amines) is 1. The number of amides is 1. The molecule has 1 N–H and O–H groups in total. The SMILES string of the molecule is CCCCOc1ccccc1C(=O)N1CC[C@@H](c2ccccc2)[C@H](O)C1. The van der Waals surface area contributed by atoms with Gasteiger partial charge in [-0.3, -0.25) is 4.79 Å². The third-order valence-electron chi connectivity index (χ3n) is 4.97. The summed E-state index contributed by atoms with van der Waals surface area (Å²) in [5.41, 5.74) is 1.71. The number of unbranched alkanes of at least 4 members (excludes halogenated alkanes) is 1. The van der Waals surface area contributed by atoms with E-state index in [-0.39, 0.29) is 11.8 Å². The lowest BCUT2D eigenvalue weighted by Gasteiger charge is -2.36. The number of nitrogens with zero attached hydrogens (tertiary/aromatic N) is 1. The summed E-state index contributed by atoms with van der Waals surface area (Å²) in [7, 11) is 0. The molecule has 0 bridgehead atoms.